The molecule has 2 aromatic carbocycles. The molecule has 0 atom stereocenters. The number of benzene rings is 2. The van der Waals surface area contributed by atoms with Gasteiger partial charge in [-0.2, -0.15) is 8.78 Å². The van der Waals surface area contributed by atoms with Crippen molar-refractivity contribution in [1.29, 1.82) is 0 Å². The molecule has 2 aromatic rings. The Kier molecular flexibility index (Phi) is 5.78. The third-order valence-corrected chi connectivity index (χ3v) is 3.12. The molecule has 0 saturated carbocycles. The van der Waals surface area contributed by atoms with E-state index >= 15 is 0 Å². The van der Waals surface area contributed by atoms with Crippen LogP contribution in [0.3, 0.4) is 0 Å². The first-order chi connectivity index (χ1) is 11.5. The van der Waals surface area contributed by atoms with E-state index in [2.05, 4.69) is 9.47 Å². The lowest BCUT2D eigenvalue weighted by Gasteiger charge is -2.04. The lowest BCUT2D eigenvalue weighted by atomic mass is 10.1. The first kappa shape index (κ1) is 17.3. The van der Waals surface area contributed by atoms with E-state index in [0.717, 1.165) is 5.56 Å². The van der Waals surface area contributed by atoms with Crippen molar-refractivity contribution in [3.05, 3.63) is 71.3 Å². The van der Waals surface area contributed by atoms with Gasteiger partial charge >= 0.3 is 12.6 Å². The number of halogens is 2. The first-order valence-corrected chi connectivity index (χ1v) is 6.95. The van der Waals surface area contributed by atoms with Gasteiger partial charge in [-0.1, -0.05) is 18.2 Å². The van der Waals surface area contributed by atoms with Crippen LogP contribution in [0.1, 0.15) is 26.3 Å². The fraction of sp³-hybridized carbons (Fsp3) is 0.111. The zero-order valence-electron chi connectivity index (χ0n) is 12.7. The van der Waals surface area contributed by atoms with Crippen molar-refractivity contribution in [2.45, 2.75) is 6.61 Å². The van der Waals surface area contributed by atoms with Crippen molar-refractivity contribution in [3.63, 3.8) is 0 Å². The van der Waals surface area contributed by atoms with Crippen molar-refractivity contribution in [1.82, 2.24) is 0 Å². The minimum atomic E-state index is -2.90. The van der Waals surface area contributed by atoms with Crippen molar-refractivity contribution in [2.24, 2.45) is 0 Å². The van der Waals surface area contributed by atoms with Gasteiger partial charge < -0.3 is 9.47 Å². The topological polar surface area (TPSA) is 52.6 Å². The van der Waals surface area contributed by atoms with Crippen molar-refractivity contribution < 1.29 is 27.8 Å². The summed E-state index contributed by atoms with van der Waals surface area (Å²) in [6, 6.07) is 12.0. The van der Waals surface area contributed by atoms with Crippen LogP contribution in [0.5, 0.6) is 5.75 Å². The summed E-state index contributed by atoms with van der Waals surface area (Å²) < 4.78 is 32.9. The Balaban J connectivity index is 2.03. The van der Waals surface area contributed by atoms with Crippen LogP contribution in [-0.2, 0) is 4.74 Å². The van der Waals surface area contributed by atoms with Crippen molar-refractivity contribution >= 4 is 17.8 Å². The summed E-state index contributed by atoms with van der Waals surface area (Å²) in [7, 11) is 1.30. The summed E-state index contributed by atoms with van der Waals surface area (Å²) in [5.74, 6) is -0.729. The van der Waals surface area contributed by atoms with E-state index in [1.165, 1.54) is 37.5 Å². The molecule has 0 heterocycles. The molecule has 0 unspecified atom stereocenters. The van der Waals surface area contributed by atoms with E-state index in [1.807, 2.05) is 0 Å². The smallest absolute Gasteiger partial charge is 0.387 e. The Morgan fingerprint density at radius 3 is 2.08 bits per heavy atom. The molecule has 0 amide bonds. The summed E-state index contributed by atoms with van der Waals surface area (Å²) >= 11 is 0. The summed E-state index contributed by atoms with van der Waals surface area (Å²) in [5, 5.41) is 0. The lowest BCUT2D eigenvalue weighted by molar-refractivity contribution is -0.0498. The molecule has 2 rings (SSSR count). The second kappa shape index (κ2) is 8.01. The molecule has 0 N–H and O–H groups in total. The molecule has 0 aliphatic heterocycles. The van der Waals surface area contributed by atoms with Crippen molar-refractivity contribution in [2.75, 3.05) is 7.11 Å². The minimum absolute atomic E-state index is 0.0103. The third kappa shape index (κ3) is 4.74. The van der Waals surface area contributed by atoms with Gasteiger partial charge in [0.25, 0.3) is 0 Å². The fourth-order valence-electron chi connectivity index (χ4n) is 1.92. The van der Waals surface area contributed by atoms with Crippen LogP contribution in [0.4, 0.5) is 8.78 Å². The predicted molar refractivity (Wildman–Crippen MR) is 84.2 cm³/mol. The molecular formula is C18H14F2O4. The van der Waals surface area contributed by atoms with Gasteiger partial charge in [0, 0.05) is 5.56 Å². The van der Waals surface area contributed by atoms with Gasteiger partial charge in [0.15, 0.2) is 5.78 Å². The summed E-state index contributed by atoms with van der Waals surface area (Å²) in [4.78, 5) is 23.3. The maximum atomic E-state index is 12.1. The number of hydrogen-bond acceptors (Lipinski definition) is 4. The van der Waals surface area contributed by atoms with Crippen LogP contribution in [0, 0.1) is 0 Å². The highest BCUT2D eigenvalue weighted by molar-refractivity contribution is 6.06. The Morgan fingerprint density at radius 2 is 1.54 bits per heavy atom. The molecule has 0 fully saturated rings. The number of allylic oxidation sites excluding steroid dienone is 1. The van der Waals surface area contributed by atoms with Gasteiger partial charge in [-0.3, -0.25) is 4.79 Å². The zero-order valence-corrected chi connectivity index (χ0v) is 12.7. The lowest BCUT2D eigenvalue weighted by Crippen LogP contribution is -2.02. The highest BCUT2D eigenvalue weighted by Crippen LogP contribution is 2.16. The van der Waals surface area contributed by atoms with E-state index in [0.29, 0.717) is 11.1 Å². The van der Waals surface area contributed by atoms with Gasteiger partial charge in [-0.15, -0.1) is 0 Å². The Morgan fingerprint density at radius 1 is 0.958 bits per heavy atom. The van der Waals surface area contributed by atoms with Gasteiger partial charge in [0.2, 0.25) is 0 Å². The van der Waals surface area contributed by atoms with Crippen molar-refractivity contribution in [3.8, 4) is 5.75 Å². The minimum Gasteiger partial charge on any atom is -0.465 e. The van der Waals surface area contributed by atoms with Crippen LogP contribution >= 0.6 is 0 Å². The number of hydrogen-bond donors (Lipinski definition) is 0. The number of ether oxygens (including phenoxy) is 2. The molecule has 0 saturated heterocycles. The van der Waals surface area contributed by atoms with Gasteiger partial charge in [0.05, 0.1) is 12.7 Å². The standard InChI is InChI=1S/C18H14F2O4/c1-23-17(22)14-5-2-12(3-6-14)4-11-16(21)13-7-9-15(10-8-13)24-18(19)20/h2-11,18H,1H3/b11-4+. The summed E-state index contributed by atoms with van der Waals surface area (Å²) in [6.07, 6.45) is 2.95. The first-order valence-electron chi connectivity index (χ1n) is 6.95. The van der Waals surface area contributed by atoms with Gasteiger partial charge in [-0.25, -0.2) is 4.79 Å². The molecule has 0 bridgehead atoms. The number of carbonyl (C=O) groups is 2. The second-order valence-electron chi connectivity index (χ2n) is 4.71. The monoisotopic (exact) mass is 332 g/mol. The number of rotatable bonds is 6. The fourth-order valence-corrected chi connectivity index (χ4v) is 1.92. The van der Waals surface area contributed by atoms with E-state index in [-0.39, 0.29) is 11.5 Å². The number of carbonyl (C=O) groups excluding carboxylic acids is 2. The molecule has 0 radical (unpaired) electrons. The third-order valence-electron chi connectivity index (χ3n) is 3.12. The summed E-state index contributed by atoms with van der Waals surface area (Å²) in [5.41, 5.74) is 1.49. The molecule has 0 spiro atoms. The van der Waals surface area contributed by atoms with Gasteiger partial charge in [0.1, 0.15) is 5.75 Å². The average molecular weight is 332 g/mol. The Bertz CT molecular complexity index is 735. The average Bonchev–Trinajstić information content (AvgIpc) is 2.59. The maximum Gasteiger partial charge on any atom is 0.387 e. The predicted octanol–water partition coefficient (Wildman–Crippen LogP) is 3.97. The van der Waals surface area contributed by atoms with Crippen LogP contribution in [-0.4, -0.2) is 25.5 Å². The molecule has 0 aromatic heterocycles. The SMILES string of the molecule is COC(=O)c1ccc(/C=C/C(=O)c2ccc(OC(F)F)cc2)cc1. The van der Waals surface area contributed by atoms with Crippen LogP contribution < -0.4 is 4.74 Å². The van der Waals surface area contributed by atoms with Gasteiger partial charge in [-0.05, 0) is 48.0 Å². The van der Waals surface area contributed by atoms with Crippen LogP contribution in [0.15, 0.2) is 54.6 Å². The normalized spacial score (nSPS) is 10.8. The van der Waals surface area contributed by atoms with Crippen LogP contribution in [0.2, 0.25) is 0 Å². The Hall–Kier alpha value is -3.02. The van der Waals surface area contributed by atoms with E-state index < -0.39 is 12.6 Å². The second-order valence-corrected chi connectivity index (χ2v) is 4.71. The maximum absolute atomic E-state index is 12.1. The molecular weight excluding hydrogens is 318 g/mol. The molecule has 0 aliphatic carbocycles. The molecule has 6 heteroatoms. The molecule has 4 nitrogen and oxygen atoms in total. The Labute approximate surface area is 137 Å². The number of ketones is 1. The number of alkyl halides is 2. The van der Waals surface area contributed by atoms with E-state index in [4.69, 9.17) is 0 Å². The summed E-state index contributed by atoms with van der Waals surface area (Å²) in [6.45, 7) is -2.90. The number of esters is 1. The molecule has 24 heavy (non-hydrogen) atoms. The number of methoxy groups -OCH3 is 1. The highest BCUT2D eigenvalue weighted by atomic mass is 19.3. The zero-order chi connectivity index (χ0) is 17.5. The van der Waals surface area contributed by atoms with E-state index in [1.54, 1.807) is 30.3 Å². The van der Waals surface area contributed by atoms with Crippen LogP contribution in [0.25, 0.3) is 6.08 Å². The van der Waals surface area contributed by atoms with E-state index in [9.17, 15) is 18.4 Å². The molecule has 0 aliphatic rings. The largest absolute Gasteiger partial charge is 0.465 e. The highest BCUT2D eigenvalue weighted by Gasteiger charge is 2.06. The molecule has 124 valence electrons. The quantitative estimate of drug-likeness (QED) is 0.456.